The molecule has 1 aliphatic carbocycles. The Morgan fingerprint density at radius 3 is 2.76 bits per heavy atom. The Balaban J connectivity index is 2.06. The van der Waals surface area contributed by atoms with E-state index < -0.39 is 11.4 Å². The molecule has 0 amide bonds. The molecule has 1 aromatic rings. The van der Waals surface area contributed by atoms with Crippen molar-refractivity contribution >= 4 is 17.6 Å². The zero-order valence-corrected chi connectivity index (χ0v) is 13.4. The second-order valence-electron chi connectivity index (χ2n) is 6.31. The van der Waals surface area contributed by atoms with Crippen LogP contribution in [-0.4, -0.2) is 16.1 Å². The molecule has 0 aromatic carbocycles. The number of hydrogen-bond acceptors (Lipinski definition) is 2. The van der Waals surface area contributed by atoms with Gasteiger partial charge in [-0.05, 0) is 49.7 Å². The van der Waals surface area contributed by atoms with Gasteiger partial charge >= 0.3 is 5.97 Å². The van der Waals surface area contributed by atoms with Gasteiger partial charge in [0.25, 0.3) is 0 Å². The zero-order chi connectivity index (χ0) is 15.3. The Morgan fingerprint density at radius 1 is 1.48 bits per heavy atom. The maximum atomic E-state index is 11.9. The van der Waals surface area contributed by atoms with Crippen LogP contribution in [-0.2, 0) is 11.2 Å². The van der Waals surface area contributed by atoms with Crippen LogP contribution in [0.5, 0.6) is 0 Å². The van der Waals surface area contributed by atoms with Crippen molar-refractivity contribution in [1.82, 2.24) is 4.98 Å². The molecule has 1 fully saturated rings. The Morgan fingerprint density at radius 2 is 2.19 bits per heavy atom. The highest BCUT2D eigenvalue weighted by molar-refractivity contribution is 6.31. The van der Waals surface area contributed by atoms with Crippen molar-refractivity contribution in [2.45, 2.75) is 58.3 Å². The second-order valence-corrected chi connectivity index (χ2v) is 6.72. The summed E-state index contributed by atoms with van der Waals surface area (Å²) < 4.78 is 0. The van der Waals surface area contributed by atoms with Gasteiger partial charge in [0.1, 0.15) is 0 Å². The molecule has 4 heteroatoms. The van der Waals surface area contributed by atoms with Gasteiger partial charge in [0, 0.05) is 12.4 Å². The molecular weight excluding hydrogens is 286 g/mol. The Bertz CT molecular complexity index is 481. The van der Waals surface area contributed by atoms with Crippen LogP contribution in [0.25, 0.3) is 0 Å². The summed E-state index contributed by atoms with van der Waals surface area (Å²) in [6.45, 7) is 2.20. The molecule has 2 rings (SSSR count). The molecule has 0 bridgehead atoms. The maximum Gasteiger partial charge on any atom is 0.309 e. The number of carbonyl (C=O) groups is 1. The molecule has 1 heterocycles. The molecule has 1 N–H and O–H groups in total. The fraction of sp³-hybridized carbons (Fsp3) is 0.647. The minimum absolute atomic E-state index is 0.518. The first-order valence-corrected chi connectivity index (χ1v) is 8.27. The lowest BCUT2D eigenvalue weighted by Crippen LogP contribution is -2.37. The van der Waals surface area contributed by atoms with E-state index in [0.29, 0.717) is 17.4 Å². The molecular formula is C17H24ClNO2. The van der Waals surface area contributed by atoms with E-state index >= 15 is 0 Å². The molecule has 0 saturated heterocycles. The number of halogens is 1. The fourth-order valence-electron chi connectivity index (χ4n) is 3.39. The first-order chi connectivity index (χ1) is 10.1. The molecule has 1 saturated carbocycles. The third-order valence-electron chi connectivity index (χ3n) is 4.87. The molecule has 0 atom stereocenters. The van der Waals surface area contributed by atoms with Gasteiger partial charge < -0.3 is 5.11 Å². The van der Waals surface area contributed by atoms with Gasteiger partial charge in [-0.15, -0.1) is 0 Å². The van der Waals surface area contributed by atoms with Crippen molar-refractivity contribution < 1.29 is 9.90 Å². The highest BCUT2D eigenvalue weighted by atomic mass is 35.5. The Kier molecular flexibility index (Phi) is 5.63. The van der Waals surface area contributed by atoms with Gasteiger partial charge in [-0.3, -0.25) is 9.78 Å². The minimum Gasteiger partial charge on any atom is -0.481 e. The van der Waals surface area contributed by atoms with Crippen LogP contribution in [0.15, 0.2) is 18.5 Å². The smallest absolute Gasteiger partial charge is 0.309 e. The van der Waals surface area contributed by atoms with Crippen molar-refractivity contribution in [3.63, 3.8) is 0 Å². The third-order valence-corrected chi connectivity index (χ3v) is 5.21. The fourth-order valence-corrected chi connectivity index (χ4v) is 3.58. The monoisotopic (exact) mass is 309 g/mol. The number of hydrogen-bond donors (Lipinski definition) is 1. The summed E-state index contributed by atoms with van der Waals surface area (Å²) in [7, 11) is 0. The van der Waals surface area contributed by atoms with Gasteiger partial charge in [0.05, 0.1) is 10.4 Å². The molecule has 116 valence electrons. The van der Waals surface area contributed by atoms with Crippen molar-refractivity contribution in [2.75, 3.05) is 0 Å². The lowest BCUT2D eigenvalue weighted by atomic mass is 9.67. The quantitative estimate of drug-likeness (QED) is 0.826. The van der Waals surface area contributed by atoms with Crippen LogP contribution in [0.2, 0.25) is 5.02 Å². The molecule has 3 nitrogen and oxygen atoms in total. The van der Waals surface area contributed by atoms with E-state index in [-0.39, 0.29) is 0 Å². The van der Waals surface area contributed by atoms with Crippen LogP contribution in [0.1, 0.15) is 57.4 Å². The van der Waals surface area contributed by atoms with Crippen molar-refractivity contribution in [3.05, 3.63) is 29.0 Å². The van der Waals surface area contributed by atoms with E-state index in [1.165, 1.54) is 19.3 Å². The van der Waals surface area contributed by atoms with E-state index in [1.54, 1.807) is 12.4 Å². The lowest BCUT2D eigenvalue weighted by molar-refractivity contribution is -0.151. The summed E-state index contributed by atoms with van der Waals surface area (Å²) >= 11 is 6.15. The number of nitrogens with zero attached hydrogens (tertiary/aromatic N) is 1. The number of carboxylic acids is 1. The van der Waals surface area contributed by atoms with Gasteiger partial charge in [-0.2, -0.15) is 0 Å². The van der Waals surface area contributed by atoms with Gasteiger partial charge in [0.15, 0.2) is 0 Å². The van der Waals surface area contributed by atoms with E-state index in [1.807, 2.05) is 6.07 Å². The molecule has 1 aromatic heterocycles. The summed E-state index contributed by atoms with van der Waals surface area (Å²) in [6.07, 6.45) is 11.1. The van der Waals surface area contributed by atoms with Gasteiger partial charge in [-0.25, -0.2) is 0 Å². The summed E-state index contributed by atoms with van der Waals surface area (Å²) in [6, 6.07) is 1.84. The molecule has 0 aliphatic heterocycles. The first-order valence-electron chi connectivity index (χ1n) is 7.89. The molecule has 21 heavy (non-hydrogen) atoms. The van der Waals surface area contributed by atoms with E-state index in [9.17, 15) is 9.90 Å². The van der Waals surface area contributed by atoms with Crippen LogP contribution in [0.3, 0.4) is 0 Å². The lowest BCUT2D eigenvalue weighted by Gasteiger charge is -2.37. The Hall–Kier alpha value is -1.09. The summed E-state index contributed by atoms with van der Waals surface area (Å²) in [5, 5.41) is 10.3. The third kappa shape index (κ3) is 3.97. The summed E-state index contributed by atoms with van der Waals surface area (Å²) in [5.41, 5.74) is 0.259. The van der Waals surface area contributed by atoms with Crippen LogP contribution >= 0.6 is 11.6 Å². The SMILES string of the molecule is CCCCC1CCC(Cc2ccncc2Cl)(C(=O)O)CC1. The van der Waals surface area contributed by atoms with Crippen molar-refractivity contribution in [3.8, 4) is 0 Å². The Labute approximate surface area is 131 Å². The number of aromatic nitrogens is 1. The molecule has 0 radical (unpaired) electrons. The topological polar surface area (TPSA) is 50.2 Å². The van der Waals surface area contributed by atoms with Crippen molar-refractivity contribution in [2.24, 2.45) is 11.3 Å². The van der Waals surface area contributed by atoms with Gasteiger partial charge in [-0.1, -0.05) is 37.8 Å². The normalized spacial score (nSPS) is 25.7. The second kappa shape index (κ2) is 7.26. The first kappa shape index (κ1) is 16.3. The number of aliphatic carboxylic acids is 1. The summed E-state index contributed by atoms with van der Waals surface area (Å²) in [4.78, 5) is 15.8. The molecule has 0 spiro atoms. The average molecular weight is 310 g/mol. The van der Waals surface area contributed by atoms with Crippen LogP contribution < -0.4 is 0 Å². The maximum absolute atomic E-state index is 11.9. The number of pyridine rings is 1. The average Bonchev–Trinajstić information content (AvgIpc) is 2.49. The highest BCUT2D eigenvalue weighted by Crippen LogP contribution is 2.43. The van der Waals surface area contributed by atoms with Crippen LogP contribution in [0.4, 0.5) is 0 Å². The summed E-state index contributed by atoms with van der Waals surface area (Å²) in [5.74, 6) is 0.0228. The van der Waals surface area contributed by atoms with Crippen molar-refractivity contribution in [1.29, 1.82) is 0 Å². The number of carboxylic acid groups (broad SMARTS) is 1. The van der Waals surface area contributed by atoms with E-state index in [2.05, 4.69) is 11.9 Å². The molecule has 0 unspecified atom stereocenters. The van der Waals surface area contributed by atoms with Crippen LogP contribution in [0, 0.1) is 11.3 Å². The van der Waals surface area contributed by atoms with Gasteiger partial charge in [0.2, 0.25) is 0 Å². The number of unbranched alkanes of at least 4 members (excludes halogenated alkanes) is 1. The predicted molar refractivity (Wildman–Crippen MR) is 84.5 cm³/mol. The highest BCUT2D eigenvalue weighted by Gasteiger charge is 2.42. The largest absolute Gasteiger partial charge is 0.481 e. The minimum atomic E-state index is -0.677. The standard InChI is InChI=1S/C17H24ClNO2/c1-2-3-4-13-5-8-17(9-6-13,16(20)21)11-14-7-10-19-12-15(14)18/h7,10,12-13H,2-6,8-9,11H2,1H3,(H,20,21). The van der Waals surface area contributed by atoms with E-state index in [0.717, 1.165) is 31.2 Å². The predicted octanol–water partition coefficient (Wildman–Crippen LogP) is 4.73. The number of rotatable bonds is 6. The molecule has 1 aliphatic rings. The zero-order valence-electron chi connectivity index (χ0n) is 12.6. The van der Waals surface area contributed by atoms with E-state index in [4.69, 9.17) is 11.6 Å².